The van der Waals surface area contributed by atoms with Crippen LogP contribution >= 0.6 is 0 Å². The zero-order chi connectivity index (χ0) is 17.5. The van der Waals surface area contributed by atoms with Gasteiger partial charge >= 0.3 is 5.97 Å². The minimum atomic E-state index is -0.653. The van der Waals surface area contributed by atoms with E-state index in [0.717, 1.165) is 49.3 Å². The standard InChI is InChI=1S/C18H23FN2O3/c1-12-10-13(19)11-14(16(22)24-3)15(12)20-17(23)18(6-7-18)21(2)8-4-5-9-21/h10-11H,4-9H2,1-3H3/p+1. The molecule has 130 valence electrons. The Morgan fingerprint density at radius 3 is 2.42 bits per heavy atom. The number of anilines is 1. The summed E-state index contributed by atoms with van der Waals surface area (Å²) in [5, 5.41) is 2.90. The van der Waals surface area contributed by atoms with Gasteiger partial charge in [-0.05, 0) is 24.6 Å². The molecule has 1 aliphatic heterocycles. The molecular weight excluding hydrogens is 311 g/mol. The number of likely N-dealkylation sites (tertiary alicyclic amines) is 1. The van der Waals surface area contributed by atoms with Gasteiger partial charge in [0, 0.05) is 25.7 Å². The number of hydrogen-bond acceptors (Lipinski definition) is 3. The lowest BCUT2D eigenvalue weighted by molar-refractivity contribution is -0.923. The molecule has 1 aromatic rings. The molecule has 1 N–H and O–H groups in total. The van der Waals surface area contributed by atoms with Crippen LogP contribution in [0.15, 0.2) is 12.1 Å². The smallest absolute Gasteiger partial charge is 0.340 e. The van der Waals surface area contributed by atoms with E-state index in [9.17, 15) is 14.0 Å². The van der Waals surface area contributed by atoms with Crippen molar-refractivity contribution in [2.75, 3.05) is 32.6 Å². The molecule has 0 radical (unpaired) electrons. The molecular formula is C18H24FN2O3+. The number of nitrogens with one attached hydrogen (secondary N) is 1. The van der Waals surface area contributed by atoms with Gasteiger partial charge in [0.2, 0.25) is 0 Å². The minimum Gasteiger partial charge on any atom is -0.465 e. The summed E-state index contributed by atoms with van der Waals surface area (Å²) < 4.78 is 19.2. The Morgan fingerprint density at radius 2 is 1.88 bits per heavy atom. The SMILES string of the molecule is COC(=O)c1cc(F)cc(C)c1NC(=O)C1([N+]2(C)CCCC2)CC1. The summed E-state index contributed by atoms with van der Waals surface area (Å²) in [5.74, 6) is -1.25. The van der Waals surface area contributed by atoms with E-state index in [-0.39, 0.29) is 11.5 Å². The van der Waals surface area contributed by atoms with Crippen LogP contribution in [0.5, 0.6) is 0 Å². The maximum atomic E-state index is 13.7. The first-order chi connectivity index (χ1) is 11.3. The van der Waals surface area contributed by atoms with Gasteiger partial charge in [-0.15, -0.1) is 0 Å². The largest absolute Gasteiger partial charge is 0.465 e. The summed E-state index contributed by atoms with van der Waals surface area (Å²) in [6.07, 6.45) is 3.97. The zero-order valence-electron chi connectivity index (χ0n) is 14.4. The summed E-state index contributed by atoms with van der Waals surface area (Å²) in [7, 11) is 3.38. The van der Waals surface area contributed by atoms with Gasteiger partial charge < -0.3 is 14.5 Å². The van der Waals surface area contributed by atoms with Gasteiger partial charge in [0.05, 0.1) is 38.5 Å². The number of halogens is 1. The lowest BCUT2D eigenvalue weighted by atomic mass is 10.1. The van der Waals surface area contributed by atoms with E-state index >= 15 is 0 Å². The predicted octanol–water partition coefficient (Wildman–Crippen LogP) is 2.63. The van der Waals surface area contributed by atoms with Gasteiger partial charge in [0.25, 0.3) is 5.91 Å². The molecule has 0 spiro atoms. The molecule has 2 aliphatic rings. The molecule has 24 heavy (non-hydrogen) atoms. The van der Waals surface area contributed by atoms with Crippen LogP contribution in [-0.4, -0.2) is 49.1 Å². The summed E-state index contributed by atoms with van der Waals surface area (Å²) in [6.45, 7) is 3.68. The van der Waals surface area contributed by atoms with Crippen molar-refractivity contribution in [1.29, 1.82) is 0 Å². The number of ether oxygens (including phenoxy) is 1. The van der Waals surface area contributed by atoms with Crippen LogP contribution in [0.1, 0.15) is 41.6 Å². The molecule has 1 saturated carbocycles. The van der Waals surface area contributed by atoms with E-state index in [4.69, 9.17) is 4.74 Å². The summed E-state index contributed by atoms with van der Waals surface area (Å²) >= 11 is 0. The molecule has 2 fully saturated rings. The Balaban J connectivity index is 1.91. The van der Waals surface area contributed by atoms with Crippen molar-refractivity contribution >= 4 is 17.6 Å². The number of methoxy groups -OCH3 is 1. The second-order valence-electron chi connectivity index (χ2n) is 7.17. The van der Waals surface area contributed by atoms with Gasteiger partial charge in [-0.3, -0.25) is 4.79 Å². The van der Waals surface area contributed by atoms with Crippen LogP contribution in [0, 0.1) is 12.7 Å². The number of hydrogen-bond donors (Lipinski definition) is 1. The fourth-order valence-corrected chi connectivity index (χ4v) is 4.00. The van der Waals surface area contributed by atoms with Crippen molar-refractivity contribution in [3.8, 4) is 0 Å². The number of carbonyl (C=O) groups excluding carboxylic acids is 2. The Labute approximate surface area is 141 Å². The Hall–Kier alpha value is -1.95. The maximum Gasteiger partial charge on any atom is 0.340 e. The Kier molecular flexibility index (Phi) is 4.11. The van der Waals surface area contributed by atoms with Crippen molar-refractivity contribution in [1.82, 2.24) is 0 Å². The molecule has 3 rings (SSSR count). The maximum absolute atomic E-state index is 13.7. The first-order valence-corrected chi connectivity index (χ1v) is 8.37. The highest BCUT2D eigenvalue weighted by molar-refractivity contribution is 6.05. The van der Waals surface area contributed by atoms with E-state index in [0.29, 0.717) is 11.3 Å². The number of amides is 1. The minimum absolute atomic E-state index is 0.0585. The fourth-order valence-electron chi connectivity index (χ4n) is 4.00. The van der Waals surface area contributed by atoms with E-state index in [2.05, 4.69) is 12.4 Å². The van der Waals surface area contributed by atoms with Crippen LogP contribution in [0.2, 0.25) is 0 Å². The summed E-state index contributed by atoms with van der Waals surface area (Å²) in [6, 6.07) is 2.42. The van der Waals surface area contributed by atoms with E-state index in [1.165, 1.54) is 13.2 Å². The monoisotopic (exact) mass is 335 g/mol. The average Bonchev–Trinajstić information content (AvgIpc) is 3.26. The lowest BCUT2D eigenvalue weighted by Crippen LogP contribution is -2.57. The third-order valence-corrected chi connectivity index (χ3v) is 5.68. The highest BCUT2D eigenvalue weighted by Crippen LogP contribution is 2.49. The molecule has 1 heterocycles. The number of likely N-dealkylation sites (N-methyl/N-ethyl adjacent to an activating group) is 1. The normalized spacial score (nSPS) is 20.5. The number of aryl methyl sites for hydroxylation is 1. The lowest BCUT2D eigenvalue weighted by Gasteiger charge is -2.37. The second kappa shape index (κ2) is 5.84. The molecule has 6 heteroatoms. The van der Waals surface area contributed by atoms with Gasteiger partial charge in [0.1, 0.15) is 5.82 Å². The highest BCUT2D eigenvalue weighted by atomic mass is 19.1. The Bertz CT molecular complexity index is 692. The summed E-state index contributed by atoms with van der Waals surface area (Å²) in [4.78, 5) is 25.0. The van der Waals surface area contributed by atoms with E-state index in [1.807, 2.05) is 0 Å². The van der Waals surface area contributed by atoms with Gasteiger partial charge in [0.15, 0.2) is 5.54 Å². The number of nitrogens with zero attached hydrogens (tertiary/aromatic N) is 1. The van der Waals surface area contributed by atoms with Crippen molar-refractivity contribution < 1.29 is 23.2 Å². The van der Waals surface area contributed by atoms with Crippen LogP contribution in [0.4, 0.5) is 10.1 Å². The van der Waals surface area contributed by atoms with Gasteiger partial charge in [-0.2, -0.15) is 0 Å². The molecule has 0 atom stereocenters. The van der Waals surface area contributed by atoms with Gasteiger partial charge in [-0.1, -0.05) is 0 Å². The van der Waals surface area contributed by atoms with Crippen molar-refractivity contribution in [2.45, 2.75) is 38.1 Å². The van der Waals surface area contributed by atoms with Crippen molar-refractivity contribution in [3.63, 3.8) is 0 Å². The molecule has 0 bridgehead atoms. The first-order valence-electron chi connectivity index (χ1n) is 8.37. The quantitative estimate of drug-likeness (QED) is 0.680. The molecule has 0 unspecified atom stereocenters. The molecule has 0 aromatic heterocycles. The third kappa shape index (κ3) is 2.59. The Morgan fingerprint density at radius 1 is 1.25 bits per heavy atom. The molecule has 1 aromatic carbocycles. The first kappa shape index (κ1) is 16.9. The van der Waals surface area contributed by atoms with Crippen molar-refractivity contribution in [3.05, 3.63) is 29.1 Å². The molecule has 5 nitrogen and oxygen atoms in total. The van der Waals surface area contributed by atoms with Gasteiger partial charge in [-0.25, -0.2) is 9.18 Å². The zero-order valence-corrected chi connectivity index (χ0v) is 14.4. The molecule has 1 aliphatic carbocycles. The number of benzene rings is 1. The number of rotatable bonds is 4. The summed E-state index contributed by atoms with van der Waals surface area (Å²) in [5.41, 5.74) is 0.516. The van der Waals surface area contributed by atoms with Crippen LogP contribution in [-0.2, 0) is 9.53 Å². The van der Waals surface area contributed by atoms with Crippen LogP contribution < -0.4 is 5.32 Å². The molecule has 1 saturated heterocycles. The number of quaternary nitrogens is 1. The number of esters is 1. The molecule has 1 amide bonds. The van der Waals surface area contributed by atoms with E-state index < -0.39 is 17.3 Å². The van der Waals surface area contributed by atoms with Crippen LogP contribution in [0.3, 0.4) is 0 Å². The topological polar surface area (TPSA) is 55.4 Å². The van der Waals surface area contributed by atoms with E-state index in [1.54, 1.807) is 6.92 Å². The fraction of sp³-hybridized carbons (Fsp3) is 0.556. The average molecular weight is 335 g/mol. The van der Waals surface area contributed by atoms with Crippen molar-refractivity contribution in [2.24, 2.45) is 0 Å². The number of carbonyl (C=O) groups is 2. The third-order valence-electron chi connectivity index (χ3n) is 5.68. The van der Waals surface area contributed by atoms with Crippen LogP contribution in [0.25, 0.3) is 0 Å². The predicted molar refractivity (Wildman–Crippen MR) is 88.2 cm³/mol. The second-order valence-corrected chi connectivity index (χ2v) is 7.17. The highest BCUT2D eigenvalue weighted by Gasteiger charge is 2.64.